The van der Waals surface area contributed by atoms with E-state index >= 15 is 0 Å². The monoisotopic (exact) mass is 409 g/mol. The van der Waals surface area contributed by atoms with Gasteiger partial charge in [0.2, 0.25) is 0 Å². The van der Waals surface area contributed by atoms with Crippen molar-refractivity contribution >= 4 is 5.91 Å². The standard InChI is InChI=1S/C25H35N3O2/c1-25(2,3)28-23(20-9-10-20)17-22(26-28)24(29)27-15-13-19(14-16-27)6-5-18-7-11-21(30-4)12-8-18/h7-8,11-12,17,19-20H,5-6,9-10,13-16H2,1-4H3. The van der Waals surface area contributed by atoms with E-state index in [1.54, 1.807) is 7.11 Å². The molecule has 5 heteroatoms. The number of carbonyl (C=O) groups excluding carboxylic acids is 1. The van der Waals surface area contributed by atoms with Crippen LogP contribution in [0.25, 0.3) is 0 Å². The molecule has 1 saturated heterocycles. The van der Waals surface area contributed by atoms with Crippen molar-refractivity contribution in [1.82, 2.24) is 14.7 Å². The molecule has 1 aromatic heterocycles. The molecule has 1 aliphatic heterocycles. The van der Waals surface area contributed by atoms with Crippen LogP contribution in [0.2, 0.25) is 0 Å². The van der Waals surface area contributed by atoms with E-state index < -0.39 is 0 Å². The molecule has 0 unspecified atom stereocenters. The summed E-state index contributed by atoms with van der Waals surface area (Å²) in [5, 5.41) is 4.74. The van der Waals surface area contributed by atoms with Gasteiger partial charge in [-0.3, -0.25) is 9.48 Å². The maximum absolute atomic E-state index is 13.1. The van der Waals surface area contributed by atoms with Gasteiger partial charge in [-0.25, -0.2) is 0 Å². The van der Waals surface area contributed by atoms with Crippen LogP contribution in [0.5, 0.6) is 5.75 Å². The maximum atomic E-state index is 13.1. The first-order chi connectivity index (χ1) is 14.3. The molecule has 0 bridgehead atoms. The SMILES string of the molecule is COc1ccc(CCC2CCN(C(=O)c3cc(C4CC4)n(C(C)(C)C)n3)CC2)cc1. The highest BCUT2D eigenvalue weighted by Gasteiger charge is 2.34. The van der Waals surface area contributed by atoms with Crippen molar-refractivity contribution < 1.29 is 9.53 Å². The molecule has 2 fully saturated rings. The largest absolute Gasteiger partial charge is 0.497 e. The Kier molecular flexibility index (Phi) is 5.90. The van der Waals surface area contributed by atoms with Gasteiger partial charge < -0.3 is 9.64 Å². The quantitative estimate of drug-likeness (QED) is 0.674. The number of hydrogen-bond acceptors (Lipinski definition) is 3. The predicted molar refractivity (Wildman–Crippen MR) is 119 cm³/mol. The average molecular weight is 410 g/mol. The van der Waals surface area contributed by atoms with Crippen LogP contribution in [0.4, 0.5) is 0 Å². The molecule has 30 heavy (non-hydrogen) atoms. The number of amides is 1. The Morgan fingerprint density at radius 3 is 2.33 bits per heavy atom. The van der Waals surface area contributed by atoms with Gasteiger partial charge in [0.15, 0.2) is 5.69 Å². The average Bonchev–Trinajstić information content (AvgIpc) is 3.49. The number of hydrogen-bond donors (Lipinski definition) is 0. The first-order valence-electron chi connectivity index (χ1n) is 11.4. The zero-order valence-electron chi connectivity index (χ0n) is 18.9. The number of methoxy groups -OCH3 is 1. The van der Waals surface area contributed by atoms with E-state index in [1.165, 1.54) is 30.5 Å². The minimum absolute atomic E-state index is 0.0924. The number of aromatic nitrogens is 2. The van der Waals surface area contributed by atoms with Crippen molar-refractivity contribution in [2.45, 2.75) is 70.8 Å². The van der Waals surface area contributed by atoms with Crippen molar-refractivity contribution in [1.29, 1.82) is 0 Å². The Morgan fingerprint density at radius 2 is 1.77 bits per heavy atom. The van der Waals surface area contributed by atoms with E-state index in [0.29, 0.717) is 17.5 Å². The van der Waals surface area contributed by atoms with Crippen LogP contribution in [0.15, 0.2) is 30.3 Å². The number of piperidine rings is 1. The summed E-state index contributed by atoms with van der Waals surface area (Å²) in [6.07, 6.45) is 6.86. The van der Waals surface area contributed by atoms with Gasteiger partial charge in [0, 0.05) is 24.7 Å². The van der Waals surface area contributed by atoms with Crippen LogP contribution in [-0.2, 0) is 12.0 Å². The summed E-state index contributed by atoms with van der Waals surface area (Å²) in [7, 11) is 1.70. The van der Waals surface area contributed by atoms with Crippen molar-refractivity contribution in [3.05, 3.63) is 47.3 Å². The van der Waals surface area contributed by atoms with Gasteiger partial charge in [-0.05, 0) is 89.0 Å². The Labute approximate surface area is 180 Å². The lowest BCUT2D eigenvalue weighted by atomic mass is 9.90. The van der Waals surface area contributed by atoms with Gasteiger partial charge in [0.1, 0.15) is 5.75 Å². The maximum Gasteiger partial charge on any atom is 0.274 e. The Bertz CT molecular complexity index is 867. The van der Waals surface area contributed by atoms with E-state index in [0.717, 1.165) is 38.1 Å². The number of rotatable bonds is 6. The third-order valence-electron chi connectivity index (χ3n) is 6.49. The summed E-state index contributed by atoms with van der Waals surface area (Å²) in [6.45, 7) is 8.16. The number of benzene rings is 1. The highest BCUT2D eigenvalue weighted by Crippen LogP contribution is 2.42. The molecular weight excluding hydrogens is 374 g/mol. The lowest BCUT2D eigenvalue weighted by Crippen LogP contribution is -2.39. The number of nitrogens with zero attached hydrogens (tertiary/aromatic N) is 3. The van der Waals surface area contributed by atoms with E-state index in [4.69, 9.17) is 9.84 Å². The van der Waals surface area contributed by atoms with Gasteiger partial charge in [0.25, 0.3) is 5.91 Å². The Balaban J connectivity index is 1.32. The first kappa shape index (κ1) is 21.0. The van der Waals surface area contributed by atoms with E-state index in [-0.39, 0.29) is 11.4 Å². The second-order valence-corrected chi connectivity index (χ2v) is 9.93. The topological polar surface area (TPSA) is 47.4 Å². The van der Waals surface area contributed by atoms with Crippen LogP contribution in [-0.4, -0.2) is 40.8 Å². The van der Waals surface area contributed by atoms with Crippen molar-refractivity contribution in [2.75, 3.05) is 20.2 Å². The van der Waals surface area contributed by atoms with Crippen LogP contribution < -0.4 is 4.74 Å². The number of aryl methyl sites for hydroxylation is 1. The highest BCUT2D eigenvalue weighted by atomic mass is 16.5. The van der Waals surface area contributed by atoms with E-state index in [1.807, 2.05) is 17.0 Å². The van der Waals surface area contributed by atoms with Crippen molar-refractivity contribution in [3.8, 4) is 5.75 Å². The summed E-state index contributed by atoms with van der Waals surface area (Å²) in [6, 6.07) is 10.4. The smallest absolute Gasteiger partial charge is 0.274 e. The van der Waals surface area contributed by atoms with Crippen molar-refractivity contribution in [2.24, 2.45) is 5.92 Å². The molecule has 5 nitrogen and oxygen atoms in total. The normalized spacial score (nSPS) is 17.9. The van der Waals surface area contributed by atoms with Gasteiger partial charge in [-0.1, -0.05) is 12.1 Å². The molecule has 1 saturated carbocycles. The minimum Gasteiger partial charge on any atom is -0.497 e. The molecule has 0 radical (unpaired) electrons. The summed E-state index contributed by atoms with van der Waals surface area (Å²) in [5.74, 6) is 2.28. The predicted octanol–water partition coefficient (Wildman–Crippen LogP) is 5.01. The molecule has 1 amide bonds. The molecular formula is C25H35N3O2. The molecule has 162 valence electrons. The summed E-state index contributed by atoms with van der Waals surface area (Å²) in [5.41, 5.74) is 3.13. The Morgan fingerprint density at radius 1 is 1.10 bits per heavy atom. The van der Waals surface area contributed by atoms with Crippen LogP contribution in [0.1, 0.15) is 80.5 Å². The summed E-state index contributed by atoms with van der Waals surface area (Å²) >= 11 is 0. The van der Waals surface area contributed by atoms with Gasteiger partial charge in [-0.2, -0.15) is 5.10 Å². The zero-order chi connectivity index (χ0) is 21.3. The van der Waals surface area contributed by atoms with Gasteiger partial charge in [0.05, 0.1) is 12.6 Å². The number of carbonyl (C=O) groups is 1. The number of ether oxygens (including phenoxy) is 1. The zero-order valence-corrected chi connectivity index (χ0v) is 18.9. The number of likely N-dealkylation sites (tertiary alicyclic amines) is 1. The van der Waals surface area contributed by atoms with Crippen LogP contribution >= 0.6 is 0 Å². The molecule has 0 N–H and O–H groups in total. The summed E-state index contributed by atoms with van der Waals surface area (Å²) in [4.78, 5) is 15.1. The molecule has 2 aromatic rings. The molecule has 1 aromatic carbocycles. The van der Waals surface area contributed by atoms with E-state index in [2.05, 4.69) is 43.7 Å². The molecule has 4 rings (SSSR count). The van der Waals surface area contributed by atoms with Crippen LogP contribution in [0, 0.1) is 5.92 Å². The van der Waals surface area contributed by atoms with Gasteiger partial charge in [-0.15, -0.1) is 0 Å². The third kappa shape index (κ3) is 4.71. The van der Waals surface area contributed by atoms with Crippen LogP contribution in [0.3, 0.4) is 0 Å². The first-order valence-corrected chi connectivity index (χ1v) is 11.4. The second-order valence-electron chi connectivity index (χ2n) is 9.93. The fourth-order valence-corrected chi connectivity index (χ4v) is 4.46. The molecule has 1 aliphatic carbocycles. The molecule has 2 heterocycles. The fraction of sp³-hybridized carbons (Fsp3) is 0.600. The lowest BCUT2D eigenvalue weighted by molar-refractivity contribution is 0.0679. The highest BCUT2D eigenvalue weighted by molar-refractivity contribution is 5.92. The van der Waals surface area contributed by atoms with E-state index in [9.17, 15) is 4.79 Å². The fourth-order valence-electron chi connectivity index (χ4n) is 4.46. The third-order valence-corrected chi connectivity index (χ3v) is 6.49. The lowest BCUT2D eigenvalue weighted by Gasteiger charge is -2.31. The second kappa shape index (κ2) is 8.44. The molecule has 0 atom stereocenters. The van der Waals surface area contributed by atoms with Crippen molar-refractivity contribution in [3.63, 3.8) is 0 Å². The molecule has 2 aliphatic rings. The Hall–Kier alpha value is -2.30. The summed E-state index contributed by atoms with van der Waals surface area (Å²) < 4.78 is 7.32. The molecule has 0 spiro atoms. The van der Waals surface area contributed by atoms with Gasteiger partial charge >= 0.3 is 0 Å². The minimum atomic E-state index is -0.0924.